The summed E-state index contributed by atoms with van der Waals surface area (Å²) in [5.74, 6) is -0.0824. The fraction of sp³-hybridized carbons (Fsp3) is 0.417. The number of hydrogen-bond donors (Lipinski definition) is 1. The van der Waals surface area contributed by atoms with Gasteiger partial charge in [0.1, 0.15) is 5.69 Å². The molecule has 0 unspecified atom stereocenters. The van der Waals surface area contributed by atoms with Crippen molar-refractivity contribution in [3.8, 4) is 0 Å². The molecule has 0 saturated heterocycles. The summed E-state index contributed by atoms with van der Waals surface area (Å²) in [6.45, 7) is 3.44. The number of nitrogens with zero attached hydrogens (tertiary/aromatic N) is 4. The van der Waals surface area contributed by atoms with Crippen LogP contribution in [0.2, 0.25) is 0 Å². The van der Waals surface area contributed by atoms with Gasteiger partial charge in [-0.05, 0) is 41.5 Å². The van der Waals surface area contributed by atoms with Crippen LogP contribution in [0.3, 0.4) is 0 Å². The Balaban J connectivity index is 1.78. The average molecular weight is 373 g/mol. The molecular formula is C12H16IN5O. The molecule has 0 atom stereocenters. The van der Waals surface area contributed by atoms with Crippen LogP contribution in [0.1, 0.15) is 22.5 Å². The topological polar surface area (TPSA) is 64.7 Å². The van der Waals surface area contributed by atoms with Crippen molar-refractivity contribution in [2.75, 3.05) is 6.54 Å². The molecule has 0 bridgehead atoms. The first-order chi connectivity index (χ1) is 9.08. The highest BCUT2D eigenvalue weighted by atomic mass is 127. The third-order valence-electron chi connectivity index (χ3n) is 2.72. The molecule has 2 aromatic rings. The molecule has 0 aromatic carbocycles. The molecule has 0 saturated carbocycles. The van der Waals surface area contributed by atoms with E-state index in [1.165, 1.54) is 0 Å². The normalized spacial score (nSPS) is 10.7. The number of rotatable bonds is 5. The molecule has 2 heterocycles. The lowest BCUT2D eigenvalue weighted by molar-refractivity contribution is 0.0942. The summed E-state index contributed by atoms with van der Waals surface area (Å²) in [6, 6.07) is 0. The molecule has 2 aromatic heterocycles. The molecule has 2 rings (SSSR count). The van der Waals surface area contributed by atoms with E-state index in [1.54, 1.807) is 17.9 Å². The Bertz CT molecular complexity index is 555. The van der Waals surface area contributed by atoms with Gasteiger partial charge in [0.2, 0.25) is 0 Å². The van der Waals surface area contributed by atoms with Crippen LogP contribution in [0, 0.1) is 10.5 Å². The summed E-state index contributed by atoms with van der Waals surface area (Å²) < 4.78 is 4.34. The van der Waals surface area contributed by atoms with Crippen LogP contribution in [0.4, 0.5) is 0 Å². The van der Waals surface area contributed by atoms with E-state index in [2.05, 4.69) is 38.1 Å². The fourth-order valence-corrected chi connectivity index (χ4v) is 2.50. The largest absolute Gasteiger partial charge is 0.351 e. The maximum atomic E-state index is 12.0. The zero-order valence-electron chi connectivity index (χ0n) is 10.9. The summed E-state index contributed by atoms with van der Waals surface area (Å²) >= 11 is 2.11. The lowest BCUT2D eigenvalue weighted by Crippen LogP contribution is -2.28. The first kappa shape index (κ1) is 14.0. The van der Waals surface area contributed by atoms with Gasteiger partial charge in [-0.1, -0.05) is 0 Å². The number of aromatic nitrogens is 4. The van der Waals surface area contributed by atoms with Crippen molar-refractivity contribution in [2.24, 2.45) is 7.05 Å². The molecule has 6 nitrogen and oxygen atoms in total. The number of amides is 1. The number of hydrogen-bond acceptors (Lipinski definition) is 3. The van der Waals surface area contributed by atoms with Gasteiger partial charge in [0.15, 0.2) is 0 Å². The third-order valence-corrected chi connectivity index (χ3v) is 3.51. The summed E-state index contributed by atoms with van der Waals surface area (Å²) in [7, 11) is 1.77. The lowest BCUT2D eigenvalue weighted by atomic mass is 10.3. The van der Waals surface area contributed by atoms with Gasteiger partial charge in [-0.15, -0.1) is 0 Å². The highest BCUT2D eigenvalue weighted by Gasteiger charge is 2.14. The Morgan fingerprint density at radius 3 is 2.79 bits per heavy atom. The molecule has 1 N–H and O–H groups in total. The Hall–Kier alpha value is -1.38. The maximum Gasteiger partial charge on any atom is 0.270 e. The molecule has 1 amide bonds. The van der Waals surface area contributed by atoms with E-state index in [4.69, 9.17) is 0 Å². The lowest BCUT2D eigenvalue weighted by Gasteiger charge is -2.06. The van der Waals surface area contributed by atoms with Crippen LogP contribution in [-0.2, 0) is 13.6 Å². The van der Waals surface area contributed by atoms with Gasteiger partial charge in [0, 0.05) is 26.3 Å². The number of carbonyl (C=O) groups excluding carboxylic acids is 1. The smallest absolute Gasteiger partial charge is 0.270 e. The summed E-state index contributed by atoms with van der Waals surface area (Å²) in [5.41, 5.74) is 1.75. The second-order valence-electron chi connectivity index (χ2n) is 4.35. The van der Waals surface area contributed by atoms with Gasteiger partial charge in [0.25, 0.3) is 5.91 Å². The van der Waals surface area contributed by atoms with Crippen molar-refractivity contribution in [3.63, 3.8) is 0 Å². The van der Waals surface area contributed by atoms with Crippen molar-refractivity contribution < 1.29 is 4.79 Å². The van der Waals surface area contributed by atoms with Crippen LogP contribution in [0.25, 0.3) is 0 Å². The molecule has 19 heavy (non-hydrogen) atoms. The summed E-state index contributed by atoms with van der Waals surface area (Å²) in [4.78, 5) is 12.0. The van der Waals surface area contributed by atoms with E-state index >= 15 is 0 Å². The minimum absolute atomic E-state index is 0.0824. The number of halogens is 1. The monoisotopic (exact) mass is 373 g/mol. The Morgan fingerprint density at radius 1 is 1.42 bits per heavy atom. The third kappa shape index (κ3) is 3.55. The Labute approximate surface area is 125 Å². The zero-order chi connectivity index (χ0) is 13.8. The van der Waals surface area contributed by atoms with Crippen molar-refractivity contribution in [1.29, 1.82) is 0 Å². The highest BCUT2D eigenvalue weighted by Crippen LogP contribution is 2.09. The van der Waals surface area contributed by atoms with Crippen molar-refractivity contribution in [2.45, 2.75) is 19.9 Å². The van der Waals surface area contributed by atoms with Gasteiger partial charge in [-0.2, -0.15) is 10.2 Å². The van der Waals surface area contributed by atoms with E-state index < -0.39 is 0 Å². The predicted molar refractivity (Wildman–Crippen MR) is 79.8 cm³/mol. The van der Waals surface area contributed by atoms with Crippen molar-refractivity contribution in [3.05, 3.63) is 33.4 Å². The van der Waals surface area contributed by atoms with E-state index in [9.17, 15) is 4.79 Å². The van der Waals surface area contributed by atoms with Crippen LogP contribution < -0.4 is 5.32 Å². The second kappa shape index (κ2) is 6.18. The number of carbonyl (C=O) groups is 1. The minimum Gasteiger partial charge on any atom is -0.351 e. The Kier molecular flexibility index (Phi) is 4.56. The minimum atomic E-state index is -0.0824. The van der Waals surface area contributed by atoms with Crippen molar-refractivity contribution in [1.82, 2.24) is 24.9 Å². The quantitative estimate of drug-likeness (QED) is 0.636. The number of aryl methyl sites for hydroxylation is 3. The first-order valence-electron chi connectivity index (χ1n) is 6.02. The second-order valence-corrected chi connectivity index (χ2v) is 5.52. The standard InChI is InChI=1S/C12H16IN5O/c1-9-6-16-18(8-9)5-3-4-14-12(19)11-10(13)7-15-17(11)2/h6-8H,3-5H2,1-2H3,(H,14,19). The van der Waals surface area contributed by atoms with Crippen LogP contribution >= 0.6 is 22.6 Å². The molecule has 0 spiro atoms. The maximum absolute atomic E-state index is 12.0. The van der Waals surface area contributed by atoms with E-state index in [-0.39, 0.29) is 5.91 Å². The van der Waals surface area contributed by atoms with Crippen LogP contribution in [0.15, 0.2) is 18.6 Å². The average Bonchev–Trinajstić information content (AvgIpc) is 2.91. The summed E-state index contributed by atoms with van der Waals surface area (Å²) in [6.07, 6.45) is 6.35. The van der Waals surface area contributed by atoms with Gasteiger partial charge in [-0.3, -0.25) is 14.2 Å². The van der Waals surface area contributed by atoms with Gasteiger partial charge in [0.05, 0.1) is 16.0 Å². The van der Waals surface area contributed by atoms with Gasteiger partial charge < -0.3 is 5.32 Å². The first-order valence-corrected chi connectivity index (χ1v) is 7.10. The van der Waals surface area contributed by atoms with Crippen LogP contribution in [0.5, 0.6) is 0 Å². The molecule has 0 fully saturated rings. The molecule has 102 valence electrons. The Morgan fingerprint density at radius 2 is 2.21 bits per heavy atom. The predicted octanol–water partition coefficient (Wildman–Crippen LogP) is 1.35. The molecule has 7 heteroatoms. The van der Waals surface area contributed by atoms with E-state index in [1.807, 2.05) is 24.0 Å². The van der Waals surface area contributed by atoms with E-state index in [0.29, 0.717) is 12.2 Å². The highest BCUT2D eigenvalue weighted by molar-refractivity contribution is 14.1. The summed E-state index contributed by atoms with van der Waals surface area (Å²) in [5, 5.41) is 11.1. The van der Waals surface area contributed by atoms with Crippen LogP contribution in [-0.4, -0.2) is 32.0 Å². The molecule has 0 aliphatic carbocycles. The number of nitrogens with one attached hydrogen (secondary N) is 1. The van der Waals surface area contributed by atoms with Gasteiger partial charge in [-0.25, -0.2) is 0 Å². The van der Waals surface area contributed by atoms with Gasteiger partial charge >= 0.3 is 0 Å². The van der Waals surface area contributed by atoms with E-state index in [0.717, 1.165) is 22.1 Å². The SMILES string of the molecule is Cc1cnn(CCCNC(=O)c2c(I)cnn2C)c1. The molecule has 0 radical (unpaired) electrons. The zero-order valence-corrected chi connectivity index (χ0v) is 13.1. The fourth-order valence-electron chi connectivity index (χ4n) is 1.78. The molecular weight excluding hydrogens is 357 g/mol. The van der Waals surface area contributed by atoms with Crippen molar-refractivity contribution >= 4 is 28.5 Å². The molecule has 0 aliphatic rings. The molecule has 0 aliphatic heterocycles.